The fourth-order valence-electron chi connectivity index (χ4n) is 2.18. The van der Waals surface area contributed by atoms with Gasteiger partial charge in [0.1, 0.15) is 0 Å². The molecule has 7 heteroatoms. The van der Waals surface area contributed by atoms with Crippen LogP contribution in [0.25, 0.3) is 0 Å². The molecule has 0 aliphatic carbocycles. The van der Waals surface area contributed by atoms with Crippen LogP contribution in [0.15, 0.2) is 53.4 Å². The third kappa shape index (κ3) is 6.00. The Labute approximate surface area is 158 Å². The fourth-order valence-corrected chi connectivity index (χ4v) is 2.44. The SMILES string of the molecule is CCOc1ccccc1OCC(=O)NCCNC(=O)c1ccccc1S. The van der Waals surface area contributed by atoms with Crippen molar-refractivity contribution in [2.75, 3.05) is 26.3 Å². The Morgan fingerprint density at radius 1 is 0.923 bits per heavy atom. The minimum atomic E-state index is -0.278. The zero-order chi connectivity index (χ0) is 18.8. The van der Waals surface area contributed by atoms with Crippen molar-refractivity contribution in [1.82, 2.24) is 10.6 Å². The van der Waals surface area contributed by atoms with Crippen LogP contribution in [0, 0.1) is 0 Å². The summed E-state index contributed by atoms with van der Waals surface area (Å²) in [5.41, 5.74) is 0.498. The summed E-state index contributed by atoms with van der Waals surface area (Å²) >= 11 is 4.24. The lowest BCUT2D eigenvalue weighted by Gasteiger charge is -2.12. The zero-order valence-corrected chi connectivity index (χ0v) is 15.4. The molecule has 0 atom stereocenters. The average Bonchev–Trinajstić information content (AvgIpc) is 2.65. The van der Waals surface area contributed by atoms with Crippen molar-refractivity contribution >= 4 is 24.4 Å². The van der Waals surface area contributed by atoms with E-state index in [9.17, 15) is 9.59 Å². The molecule has 0 radical (unpaired) electrons. The van der Waals surface area contributed by atoms with E-state index in [-0.39, 0.29) is 18.4 Å². The molecule has 0 spiro atoms. The largest absolute Gasteiger partial charge is 0.490 e. The standard InChI is InChI=1S/C19H22N2O4S/c1-2-24-15-8-4-5-9-16(15)25-13-18(22)20-11-12-21-19(23)14-7-3-6-10-17(14)26/h3-10,26H,2,11-13H2,1H3,(H,20,22)(H,21,23). The van der Waals surface area contributed by atoms with Gasteiger partial charge in [-0.15, -0.1) is 12.6 Å². The van der Waals surface area contributed by atoms with Gasteiger partial charge in [0.05, 0.1) is 12.2 Å². The van der Waals surface area contributed by atoms with Crippen LogP contribution >= 0.6 is 12.6 Å². The number of para-hydroxylation sites is 2. The van der Waals surface area contributed by atoms with E-state index in [0.717, 1.165) is 0 Å². The number of amides is 2. The van der Waals surface area contributed by atoms with Crippen molar-refractivity contribution in [3.63, 3.8) is 0 Å². The number of nitrogens with one attached hydrogen (secondary N) is 2. The molecule has 0 aliphatic rings. The van der Waals surface area contributed by atoms with Crippen molar-refractivity contribution in [2.24, 2.45) is 0 Å². The highest BCUT2D eigenvalue weighted by Gasteiger charge is 2.09. The van der Waals surface area contributed by atoms with Crippen molar-refractivity contribution in [1.29, 1.82) is 0 Å². The summed E-state index contributed by atoms with van der Waals surface area (Å²) in [5.74, 6) is 0.607. The van der Waals surface area contributed by atoms with Crippen molar-refractivity contribution in [3.05, 3.63) is 54.1 Å². The molecule has 2 rings (SSSR count). The van der Waals surface area contributed by atoms with Crippen molar-refractivity contribution in [3.8, 4) is 11.5 Å². The first-order valence-electron chi connectivity index (χ1n) is 8.29. The molecule has 0 saturated carbocycles. The molecule has 2 aromatic rings. The number of rotatable bonds is 9. The molecule has 0 heterocycles. The van der Waals surface area contributed by atoms with Crippen LogP contribution in [0.2, 0.25) is 0 Å². The van der Waals surface area contributed by atoms with Crippen LogP contribution in [0.1, 0.15) is 17.3 Å². The van der Waals surface area contributed by atoms with Crippen LogP contribution in [-0.2, 0) is 4.79 Å². The van der Waals surface area contributed by atoms with Gasteiger partial charge in [-0.25, -0.2) is 0 Å². The summed E-state index contributed by atoms with van der Waals surface area (Å²) in [5, 5.41) is 5.42. The van der Waals surface area contributed by atoms with Gasteiger partial charge in [0.2, 0.25) is 0 Å². The lowest BCUT2D eigenvalue weighted by atomic mass is 10.2. The van der Waals surface area contributed by atoms with Gasteiger partial charge in [0.25, 0.3) is 11.8 Å². The predicted octanol–water partition coefficient (Wildman–Crippen LogP) is 2.30. The molecule has 2 N–H and O–H groups in total. The van der Waals surface area contributed by atoms with Gasteiger partial charge in [0, 0.05) is 18.0 Å². The van der Waals surface area contributed by atoms with E-state index in [2.05, 4.69) is 23.3 Å². The third-order valence-electron chi connectivity index (χ3n) is 3.39. The maximum atomic E-state index is 12.0. The summed E-state index contributed by atoms with van der Waals surface area (Å²) in [6.45, 7) is 2.88. The average molecular weight is 374 g/mol. The van der Waals surface area contributed by atoms with Crippen LogP contribution in [0.5, 0.6) is 11.5 Å². The van der Waals surface area contributed by atoms with Gasteiger partial charge in [-0.3, -0.25) is 9.59 Å². The van der Waals surface area contributed by atoms with E-state index < -0.39 is 0 Å². The van der Waals surface area contributed by atoms with Crippen LogP contribution in [0.4, 0.5) is 0 Å². The highest BCUT2D eigenvalue weighted by molar-refractivity contribution is 7.80. The van der Waals surface area contributed by atoms with Crippen LogP contribution in [0.3, 0.4) is 0 Å². The van der Waals surface area contributed by atoms with Crippen molar-refractivity contribution in [2.45, 2.75) is 11.8 Å². The summed E-state index contributed by atoms with van der Waals surface area (Å²) < 4.78 is 10.9. The number of hydrogen-bond acceptors (Lipinski definition) is 5. The summed E-state index contributed by atoms with van der Waals surface area (Å²) in [7, 11) is 0. The second-order valence-electron chi connectivity index (χ2n) is 5.29. The van der Waals surface area contributed by atoms with E-state index in [1.165, 1.54) is 0 Å². The molecule has 0 unspecified atom stereocenters. The van der Waals surface area contributed by atoms with E-state index in [1.807, 2.05) is 25.1 Å². The van der Waals surface area contributed by atoms with Gasteiger partial charge in [-0.05, 0) is 31.2 Å². The molecule has 138 valence electrons. The quantitative estimate of drug-likeness (QED) is 0.465. The van der Waals surface area contributed by atoms with Crippen LogP contribution < -0.4 is 20.1 Å². The molecule has 0 aromatic heterocycles. The molecular weight excluding hydrogens is 352 g/mol. The second kappa shape index (κ2) is 10.4. The second-order valence-corrected chi connectivity index (χ2v) is 5.77. The van der Waals surface area contributed by atoms with Gasteiger partial charge in [-0.2, -0.15) is 0 Å². The first-order valence-corrected chi connectivity index (χ1v) is 8.74. The number of carbonyl (C=O) groups is 2. The summed E-state index contributed by atoms with van der Waals surface area (Å²) in [6, 6.07) is 14.2. The first kappa shape index (κ1) is 19.7. The van der Waals surface area contributed by atoms with E-state index in [1.54, 1.807) is 30.3 Å². The molecule has 2 amide bonds. The summed E-state index contributed by atoms with van der Waals surface area (Å²) in [6.07, 6.45) is 0. The Morgan fingerprint density at radius 3 is 2.23 bits per heavy atom. The smallest absolute Gasteiger partial charge is 0.258 e. The Balaban J connectivity index is 1.70. The van der Waals surface area contributed by atoms with Crippen molar-refractivity contribution < 1.29 is 19.1 Å². The normalized spacial score (nSPS) is 10.1. The zero-order valence-electron chi connectivity index (χ0n) is 14.5. The monoisotopic (exact) mass is 374 g/mol. The van der Waals surface area contributed by atoms with Gasteiger partial charge < -0.3 is 20.1 Å². The Morgan fingerprint density at radius 2 is 1.54 bits per heavy atom. The molecule has 0 fully saturated rings. The minimum Gasteiger partial charge on any atom is -0.490 e. The maximum Gasteiger partial charge on any atom is 0.258 e. The van der Waals surface area contributed by atoms with Gasteiger partial charge in [0.15, 0.2) is 18.1 Å². The van der Waals surface area contributed by atoms with E-state index in [4.69, 9.17) is 9.47 Å². The molecular formula is C19H22N2O4S. The highest BCUT2D eigenvalue weighted by Crippen LogP contribution is 2.26. The Hall–Kier alpha value is -2.67. The third-order valence-corrected chi connectivity index (χ3v) is 3.78. The summed E-state index contributed by atoms with van der Waals surface area (Å²) in [4.78, 5) is 24.5. The lowest BCUT2D eigenvalue weighted by Crippen LogP contribution is -2.36. The number of carbonyl (C=O) groups excluding carboxylic acids is 2. The Kier molecular flexibility index (Phi) is 7.82. The minimum absolute atomic E-state index is 0.127. The molecule has 2 aromatic carbocycles. The number of thiol groups is 1. The molecule has 0 bridgehead atoms. The van der Waals surface area contributed by atoms with Gasteiger partial charge >= 0.3 is 0 Å². The molecule has 0 saturated heterocycles. The fraction of sp³-hybridized carbons (Fsp3) is 0.263. The van der Waals surface area contributed by atoms with E-state index >= 15 is 0 Å². The Bertz CT molecular complexity index is 752. The topological polar surface area (TPSA) is 76.7 Å². The van der Waals surface area contributed by atoms with E-state index in [0.29, 0.717) is 41.7 Å². The highest BCUT2D eigenvalue weighted by atomic mass is 32.1. The predicted molar refractivity (Wildman–Crippen MR) is 102 cm³/mol. The molecule has 26 heavy (non-hydrogen) atoms. The molecule has 0 aliphatic heterocycles. The molecule has 6 nitrogen and oxygen atoms in total. The number of hydrogen-bond donors (Lipinski definition) is 3. The van der Waals surface area contributed by atoms with Gasteiger partial charge in [-0.1, -0.05) is 24.3 Å². The number of benzene rings is 2. The lowest BCUT2D eigenvalue weighted by molar-refractivity contribution is -0.123. The first-order chi connectivity index (χ1) is 12.6. The maximum absolute atomic E-state index is 12.0. The number of ether oxygens (including phenoxy) is 2. The van der Waals surface area contributed by atoms with Crippen LogP contribution in [-0.4, -0.2) is 38.1 Å².